The summed E-state index contributed by atoms with van der Waals surface area (Å²) in [4.78, 5) is 23.5. The lowest BCUT2D eigenvalue weighted by molar-refractivity contribution is -0.147. The molecule has 0 N–H and O–H groups in total. The monoisotopic (exact) mass is 322 g/mol. The summed E-state index contributed by atoms with van der Waals surface area (Å²) in [7, 11) is 0. The van der Waals surface area contributed by atoms with Crippen LogP contribution in [0.5, 0.6) is 0 Å². The molecule has 0 amide bonds. The van der Waals surface area contributed by atoms with Crippen molar-refractivity contribution < 1.29 is 9.53 Å². The highest BCUT2D eigenvalue weighted by Gasteiger charge is 2.20. The Morgan fingerprint density at radius 1 is 1.71 bits per heavy atom. The van der Waals surface area contributed by atoms with E-state index in [0.29, 0.717) is 10.9 Å². The zero-order chi connectivity index (χ0) is 13.0. The van der Waals surface area contributed by atoms with Crippen LogP contribution < -0.4 is 5.56 Å². The maximum atomic E-state index is 11.9. The number of esters is 1. The van der Waals surface area contributed by atoms with Crippen molar-refractivity contribution in [3.63, 3.8) is 0 Å². The predicted octanol–water partition coefficient (Wildman–Crippen LogP) is 1.92. The summed E-state index contributed by atoms with van der Waals surface area (Å²) in [6.45, 7) is 3.52. The Hall–Kier alpha value is -0.880. The number of rotatable bonds is 4. The molecule has 0 radical (unpaired) electrons. The van der Waals surface area contributed by atoms with Gasteiger partial charge in [-0.2, -0.15) is 5.10 Å². The van der Waals surface area contributed by atoms with Crippen molar-refractivity contribution in [3.05, 3.63) is 27.1 Å². The van der Waals surface area contributed by atoms with Gasteiger partial charge in [-0.15, -0.1) is 0 Å². The zero-order valence-corrected chi connectivity index (χ0v) is 11.8. The van der Waals surface area contributed by atoms with Crippen LogP contribution in [0, 0.1) is 0 Å². The third kappa shape index (κ3) is 3.07. The molecule has 0 aliphatic carbocycles. The third-order valence-corrected chi connectivity index (χ3v) is 3.06. The largest absolute Gasteiger partial charge is 0.464 e. The van der Waals surface area contributed by atoms with E-state index in [1.54, 1.807) is 13.8 Å². The van der Waals surface area contributed by atoms with E-state index < -0.39 is 17.6 Å². The summed E-state index contributed by atoms with van der Waals surface area (Å²) >= 11 is 8.99. The van der Waals surface area contributed by atoms with Crippen molar-refractivity contribution in [2.24, 2.45) is 0 Å². The molecule has 0 spiro atoms. The molecule has 0 saturated heterocycles. The molecule has 0 saturated carbocycles. The van der Waals surface area contributed by atoms with Gasteiger partial charge in [0, 0.05) is 10.9 Å². The molecule has 94 valence electrons. The topological polar surface area (TPSA) is 61.2 Å². The van der Waals surface area contributed by atoms with E-state index in [4.69, 9.17) is 16.3 Å². The van der Waals surface area contributed by atoms with Crippen LogP contribution in [0.15, 0.2) is 11.0 Å². The summed E-state index contributed by atoms with van der Waals surface area (Å²) < 4.78 is 5.90. The number of ether oxygens (including phenoxy) is 1. The molecule has 1 aromatic rings. The number of carbonyl (C=O) groups excluding carboxylic acids is 1. The van der Waals surface area contributed by atoms with Crippen molar-refractivity contribution in [3.8, 4) is 0 Å². The van der Waals surface area contributed by atoms with Crippen LogP contribution in [-0.4, -0.2) is 22.4 Å². The molecule has 1 atom stereocenters. The van der Waals surface area contributed by atoms with Crippen LogP contribution in [0.1, 0.15) is 25.5 Å². The average Bonchev–Trinajstić information content (AvgIpc) is 2.29. The molecule has 1 aromatic heterocycles. The van der Waals surface area contributed by atoms with Gasteiger partial charge in [0.25, 0.3) is 5.56 Å². The minimum absolute atomic E-state index is 0.261. The van der Waals surface area contributed by atoms with Crippen molar-refractivity contribution in [1.82, 2.24) is 9.78 Å². The fraction of sp³-hybridized carbons (Fsp3) is 0.500. The molecule has 1 unspecified atom stereocenters. The smallest absolute Gasteiger partial charge is 0.330 e. The van der Waals surface area contributed by atoms with Crippen molar-refractivity contribution in [2.45, 2.75) is 25.2 Å². The van der Waals surface area contributed by atoms with E-state index in [2.05, 4.69) is 21.0 Å². The summed E-state index contributed by atoms with van der Waals surface area (Å²) in [6, 6.07) is -0.766. The Kier molecular flexibility index (Phi) is 5.14. The molecule has 7 heteroatoms. The standard InChI is InChI=1S/C10H12BrClN2O3/c1-3-17-10(16)6(2)14-9(15)7(4-11)8(12)5-13-14/h5-6H,3-4H2,1-2H3. The van der Waals surface area contributed by atoms with Gasteiger partial charge in [0.2, 0.25) is 0 Å². The molecule has 17 heavy (non-hydrogen) atoms. The second-order valence-electron chi connectivity index (χ2n) is 3.28. The Morgan fingerprint density at radius 3 is 2.88 bits per heavy atom. The number of hydrogen-bond donors (Lipinski definition) is 0. The van der Waals surface area contributed by atoms with Crippen LogP contribution in [0.25, 0.3) is 0 Å². The minimum Gasteiger partial charge on any atom is -0.464 e. The van der Waals surface area contributed by atoms with Gasteiger partial charge in [-0.05, 0) is 13.8 Å². The molecule has 0 bridgehead atoms. The maximum Gasteiger partial charge on any atom is 0.330 e. The van der Waals surface area contributed by atoms with Crippen molar-refractivity contribution >= 4 is 33.5 Å². The second kappa shape index (κ2) is 6.16. The van der Waals surface area contributed by atoms with Gasteiger partial charge in [-0.1, -0.05) is 27.5 Å². The number of alkyl halides is 1. The van der Waals surface area contributed by atoms with Gasteiger partial charge in [0.15, 0.2) is 6.04 Å². The number of hydrogen-bond acceptors (Lipinski definition) is 4. The van der Waals surface area contributed by atoms with Gasteiger partial charge < -0.3 is 4.74 Å². The summed E-state index contributed by atoms with van der Waals surface area (Å²) in [5.74, 6) is -0.495. The molecule has 0 aliphatic rings. The van der Waals surface area contributed by atoms with E-state index in [0.717, 1.165) is 4.68 Å². The summed E-state index contributed by atoms with van der Waals surface area (Å²) in [6.07, 6.45) is 1.34. The Bertz CT molecular complexity index is 475. The number of carbonyl (C=O) groups is 1. The first-order valence-electron chi connectivity index (χ1n) is 5.01. The lowest BCUT2D eigenvalue weighted by Gasteiger charge is -2.13. The maximum absolute atomic E-state index is 11.9. The van der Waals surface area contributed by atoms with Crippen LogP contribution in [-0.2, 0) is 14.9 Å². The average molecular weight is 324 g/mol. The molecule has 0 fully saturated rings. The fourth-order valence-electron chi connectivity index (χ4n) is 1.24. The van der Waals surface area contributed by atoms with Crippen molar-refractivity contribution in [1.29, 1.82) is 0 Å². The van der Waals surface area contributed by atoms with Gasteiger partial charge in [-0.3, -0.25) is 4.79 Å². The summed E-state index contributed by atoms with van der Waals surface area (Å²) in [5.41, 5.74) is -0.0206. The van der Waals surface area contributed by atoms with E-state index >= 15 is 0 Å². The first kappa shape index (κ1) is 14.2. The zero-order valence-electron chi connectivity index (χ0n) is 9.44. The highest BCUT2D eigenvalue weighted by molar-refractivity contribution is 9.08. The third-order valence-electron chi connectivity index (χ3n) is 2.18. The van der Waals surface area contributed by atoms with E-state index in [9.17, 15) is 9.59 Å². The van der Waals surface area contributed by atoms with Gasteiger partial charge in [-0.25, -0.2) is 9.48 Å². The SMILES string of the molecule is CCOC(=O)C(C)n1ncc(Cl)c(CBr)c1=O. The number of aromatic nitrogens is 2. The molecular weight excluding hydrogens is 311 g/mol. The van der Waals surface area contributed by atoms with Crippen LogP contribution >= 0.6 is 27.5 Å². The van der Waals surface area contributed by atoms with Crippen LogP contribution in [0.3, 0.4) is 0 Å². The Balaban J connectivity index is 3.15. The molecule has 0 aliphatic heterocycles. The number of halogens is 2. The van der Waals surface area contributed by atoms with Crippen LogP contribution in [0.2, 0.25) is 5.02 Å². The molecule has 5 nitrogen and oxygen atoms in total. The van der Waals surface area contributed by atoms with Crippen molar-refractivity contribution in [2.75, 3.05) is 6.61 Å². The highest BCUT2D eigenvalue weighted by Crippen LogP contribution is 2.14. The van der Waals surface area contributed by atoms with E-state index in [1.807, 2.05) is 0 Å². The molecule has 0 aromatic carbocycles. The fourth-order valence-corrected chi connectivity index (χ4v) is 2.14. The molecular formula is C10H12BrClN2O3. The van der Waals surface area contributed by atoms with Gasteiger partial charge in [0.05, 0.1) is 17.8 Å². The van der Waals surface area contributed by atoms with Gasteiger partial charge in [0.1, 0.15) is 0 Å². The normalized spacial score (nSPS) is 12.2. The van der Waals surface area contributed by atoms with E-state index in [-0.39, 0.29) is 11.6 Å². The molecule has 1 heterocycles. The predicted molar refractivity (Wildman–Crippen MR) is 67.5 cm³/mol. The lowest BCUT2D eigenvalue weighted by atomic mass is 10.3. The van der Waals surface area contributed by atoms with E-state index in [1.165, 1.54) is 6.20 Å². The van der Waals surface area contributed by atoms with Crippen LogP contribution in [0.4, 0.5) is 0 Å². The highest BCUT2D eigenvalue weighted by atomic mass is 79.9. The summed E-state index contributed by atoms with van der Waals surface area (Å²) in [5, 5.41) is 4.43. The quantitative estimate of drug-likeness (QED) is 0.627. The Labute approximate surface area is 112 Å². The Morgan fingerprint density at radius 2 is 2.35 bits per heavy atom. The van der Waals surface area contributed by atoms with Gasteiger partial charge >= 0.3 is 5.97 Å². The lowest BCUT2D eigenvalue weighted by Crippen LogP contribution is -2.33. The number of nitrogens with zero attached hydrogens (tertiary/aromatic N) is 2. The molecule has 1 rings (SSSR count). The first-order chi connectivity index (χ1) is 8.02. The minimum atomic E-state index is -0.766. The first-order valence-corrected chi connectivity index (χ1v) is 6.51. The second-order valence-corrected chi connectivity index (χ2v) is 4.25.